The van der Waals surface area contributed by atoms with E-state index < -0.39 is 0 Å². The summed E-state index contributed by atoms with van der Waals surface area (Å²) in [6.45, 7) is 3.87. The normalized spacial score (nSPS) is 11.6. The number of nitrogens with zero attached hydrogens (tertiary/aromatic N) is 3. The molecular formula is C10H14N4O2. The SMILES string of the molecule is Cc1cc(NC(=O)N(C)C[C@@H](C)C#N)no1. The zero-order valence-electron chi connectivity index (χ0n) is 9.52. The molecule has 86 valence electrons. The molecule has 6 nitrogen and oxygen atoms in total. The van der Waals surface area contributed by atoms with Gasteiger partial charge in [-0.1, -0.05) is 5.16 Å². The number of urea groups is 1. The molecular weight excluding hydrogens is 208 g/mol. The van der Waals surface area contributed by atoms with E-state index in [0.29, 0.717) is 18.1 Å². The molecule has 2 amide bonds. The van der Waals surface area contributed by atoms with E-state index in [1.807, 2.05) is 0 Å². The molecule has 0 aliphatic carbocycles. The molecule has 0 saturated heterocycles. The van der Waals surface area contributed by atoms with Crippen molar-refractivity contribution in [1.29, 1.82) is 5.26 Å². The van der Waals surface area contributed by atoms with Crippen molar-refractivity contribution in [2.24, 2.45) is 5.92 Å². The van der Waals surface area contributed by atoms with E-state index in [-0.39, 0.29) is 11.9 Å². The lowest BCUT2D eigenvalue weighted by molar-refractivity contribution is 0.219. The number of aryl methyl sites for hydroxylation is 1. The van der Waals surface area contributed by atoms with Crippen LogP contribution < -0.4 is 5.32 Å². The monoisotopic (exact) mass is 222 g/mol. The van der Waals surface area contributed by atoms with Crippen LogP contribution in [0.5, 0.6) is 0 Å². The summed E-state index contributed by atoms with van der Waals surface area (Å²) in [4.78, 5) is 13.0. The Bertz CT molecular complexity index is 407. The number of hydrogen-bond acceptors (Lipinski definition) is 4. The Morgan fingerprint density at radius 3 is 3.00 bits per heavy atom. The van der Waals surface area contributed by atoms with Crippen molar-refractivity contribution in [3.8, 4) is 6.07 Å². The molecule has 0 unspecified atom stereocenters. The number of hydrogen-bond donors (Lipinski definition) is 1. The molecule has 1 N–H and O–H groups in total. The van der Waals surface area contributed by atoms with Crippen LogP contribution >= 0.6 is 0 Å². The predicted molar refractivity (Wildman–Crippen MR) is 57.7 cm³/mol. The third kappa shape index (κ3) is 3.28. The largest absolute Gasteiger partial charge is 0.360 e. The summed E-state index contributed by atoms with van der Waals surface area (Å²) in [6, 6.07) is 3.38. The Hall–Kier alpha value is -2.03. The van der Waals surface area contributed by atoms with Crippen LogP contribution in [0.1, 0.15) is 12.7 Å². The van der Waals surface area contributed by atoms with Crippen LogP contribution in [0.2, 0.25) is 0 Å². The summed E-state index contributed by atoms with van der Waals surface area (Å²) in [7, 11) is 1.62. The Kier molecular flexibility index (Phi) is 3.89. The predicted octanol–water partition coefficient (Wildman–Crippen LogP) is 1.61. The van der Waals surface area contributed by atoms with Gasteiger partial charge in [0.2, 0.25) is 0 Å². The van der Waals surface area contributed by atoms with Gasteiger partial charge in [0.25, 0.3) is 0 Å². The van der Waals surface area contributed by atoms with Crippen molar-refractivity contribution in [2.45, 2.75) is 13.8 Å². The number of rotatable bonds is 3. The molecule has 1 aromatic heterocycles. The molecule has 16 heavy (non-hydrogen) atoms. The summed E-state index contributed by atoms with van der Waals surface area (Å²) >= 11 is 0. The average molecular weight is 222 g/mol. The van der Waals surface area contributed by atoms with E-state index in [9.17, 15) is 4.79 Å². The Balaban J connectivity index is 2.49. The van der Waals surface area contributed by atoms with Crippen LogP contribution in [0, 0.1) is 24.2 Å². The molecule has 1 rings (SSSR count). The van der Waals surface area contributed by atoms with Gasteiger partial charge in [0.05, 0.1) is 12.0 Å². The smallest absolute Gasteiger partial charge is 0.322 e. The minimum absolute atomic E-state index is 0.199. The maximum atomic E-state index is 11.6. The zero-order chi connectivity index (χ0) is 12.1. The standard InChI is InChI=1S/C10H14N4O2/c1-7(5-11)6-14(3)10(15)12-9-4-8(2)16-13-9/h4,7H,6H2,1-3H3,(H,12,13,15)/t7-/m0/s1. The maximum Gasteiger partial charge on any atom is 0.322 e. The van der Waals surface area contributed by atoms with Crippen LogP contribution in [0.25, 0.3) is 0 Å². The van der Waals surface area contributed by atoms with E-state index in [0.717, 1.165) is 0 Å². The van der Waals surface area contributed by atoms with Gasteiger partial charge in [-0.2, -0.15) is 5.26 Å². The quantitative estimate of drug-likeness (QED) is 0.842. The second-order valence-corrected chi connectivity index (χ2v) is 3.66. The molecule has 0 aromatic carbocycles. The number of amides is 2. The maximum absolute atomic E-state index is 11.6. The molecule has 0 bridgehead atoms. The fourth-order valence-electron chi connectivity index (χ4n) is 1.16. The number of carbonyl (C=O) groups excluding carboxylic acids is 1. The first-order valence-corrected chi connectivity index (χ1v) is 4.88. The van der Waals surface area contributed by atoms with Gasteiger partial charge in [-0.05, 0) is 13.8 Å². The van der Waals surface area contributed by atoms with Gasteiger partial charge >= 0.3 is 6.03 Å². The summed E-state index contributed by atoms with van der Waals surface area (Å²) in [6.07, 6.45) is 0. The van der Waals surface area contributed by atoms with Gasteiger partial charge in [0.15, 0.2) is 5.82 Å². The van der Waals surface area contributed by atoms with Crippen molar-refractivity contribution < 1.29 is 9.32 Å². The van der Waals surface area contributed by atoms with E-state index >= 15 is 0 Å². The van der Waals surface area contributed by atoms with Crippen molar-refractivity contribution in [3.63, 3.8) is 0 Å². The Morgan fingerprint density at radius 2 is 2.50 bits per heavy atom. The minimum atomic E-state index is -0.310. The van der Waals surface area contributed by atoms with Crippen molar-refractivity contribution in [2.75, 3.05) is 18.9 Å². The van der Waals surface area contributed by atoms with Crippen LogP contribution in [-0.4, -0.2) is 29.7 Å². The molecule has 0 fully saturated rings. The second kappa shape index (κ2) is 5.16. The zero-order valence-corrected chi connectivity index (χ0v) is 9.52. The number of nitrogens with one attached hydrogen (secondary N) is 1. The first-order valence-electron chi connectivity index (χ1n) is 4.88. The number of nitriles is 1. The second-order valence-electron chi connectivity index (χ2n) is 3.66. The fraction of sp³-hybridized carbons (Fsp3) is 0.500. The summed E-state index contributed by atoms with van der Waals surface area (Å²) in [5, 5.41) is 14.8. The molecule has 0 aliphatic rings. The minimum Gasteiger partial charge on any atom is -0.360 e. The van der Waals surface area contributed by atoms with Crippen molar-refractivity contribution >= 4 is 11.8 Å². The van der Waals surface area contributed by atoms with Gasteiger partial charge < -0.3 is 9.42 Å². The summed E-state index contributed by atoms with van der Waals surface area (Å²) in [5.74, 6) is 0.803. The Labute approximate surface area is 93.8 Å². The van der Waals surface area contributed by atoms with Crippen LogP contribution in [0.3, 0.4) is 0 Å². The highest BCUT2D eigenvalue weighted by Crippen LogP contribution is 2.08. The molecule has 0 aliphatic heterocycles. The molecule has 6 heteroatoms. The van der Waals surface area contributed by atoms with E-state index in [4.69, 9.17) is 9.78 Å². The van der Waals surface area contributed by atoms with E-state index in [2.05, 4.69) is 16.5 Å². The highest BCUT2D eigenvalue weighted by atomic mass is 16.5. The molecule has 0 saturated carbocycles. The van der Waals surface area contributed by atoms with Crippen LogP contribution in [0.15, 0.2) is 10.6 Å². The summed E-state index contributed by atoms with van der Waals surface area (Å²) in [5.41, 5.74) is 0. The Morgan fingerprint density at radius 1 is 1.81 bits per heavy atom. The average Bonchev–Trinajstić information content (AvgIpc) is 2.63. The molecule has 1 heterocycles. The van der Waals surface area contributed by atoms with Crippen molar-refractivity contribution in [3.05, 3.63) is 11.8 Å². The van der Waals surface area contributed by atoms with E-state index in [1.54, 1.807) is 27.0 Å². The van der Waals surface area contributed by atoms with Gasteiger partial charge in [-0.15, -0.1) is 0 Å². The van der Waals surface area contributed by atoms with Crippen LogP contribution in [-0.2, 0) is 0 Å². The fourth-order valence-corrected chi connectivity index (χ4v) is 1.16. The lowest BCUT2D eigenvalue weighted by atomic mass is 10.2. The van der Waals surface area contributed by atoms with E-state index in [1.165, 1.54) is 4.90 Å². The number of aromatic nitrogens is 1. The van der Waals surface area contributed by atoms with Gasteiger partial charge in [0.1, 0.15) is 5.76 Å². The third-order valence-electron chi connectivity index (χ3n) is 1.98. The third-order valence-corrected chi connectivity index (χ3v) is 1.98. The van der Waals surface area contributed by atoms with Crippen LogP contribution in [0.4, 0.5) is 10.6 Å². The van der Waals surface area contributed by atoms with Gasteiger partial charge in [-0.25, -0.2) is 4.79 Å². The molecule has 0 spiro atoms. The first-order chi connectivity index (χ1) is 7.52. The molecule has 1 atom stereocenters. The van der Waals surface area contributed by atoms with Gasteiger partial charge in [-0.3, -0.25) is 5.32 Å². The first kappa shape index (κ1) is 12.0. The topological polar surface area (TPSA) is 82.2 Å². The molecule has 0 radical (unpaired) electrons. The number of carbonyl (C=O) groups is 1. The highest BCUT2D eigenvalue weighted by Gasteiger charge is 2.13. The number of anilines is 1. The lowest BCUT2D eigenvalue weighted by Crippen LogP contribution is -2.34. The van der Waals surface area contributed by atoms with Crippen molar-refractivity contribution in [1.82, 2.24) is 10.1 Å². The highest BCUT2D eigenvalue weighted by molar-refractivity contribution is 5.88. The van der Waals surface area contributed by atoms with Gasteiger partial charge in [0, 0.05) is 19.7 Å². The summed E-state index contributed by atoms with van der Waals surface area (Å²) < 4.78 is 4.81. The molecule has 1 aromatic rings. The lowest BCUT2D eigenvalue weighted by Gasteiger charge is -2.17.